The lowest BCUT2D eigenvalue weighted by Crippen LogP contribution is -2.49. The summed E-state index contributed by atoms with van der Waals surface area (Å²) in [4.78, 5) is 23.8. The van der Waals surface area contributed by atoms with E-state index < -0.39 is 0 Å². The Morgan fingerprint density at radius 3 is 2.71 bits per heavy atom. The van der Waals surface area contributed by atoms with Gasteiger partial charge in [-0.2, -0.15) is 4.37 Å². The molecule has 0 N–H and O–H groups in total. The summed E-state index contributed by atoms with van der Waals surface area (Å²) in [5, 5.41) is 0.747. The molecule has 0 unspecified atom stereocenters. The van der Waals surface area contributed by atoms with Crippen LogP contribution in [-0.4, -0.2) is 60.0 Å². The van der Waals surface area contributed by atoms with E-state index in [0.29, 0.717) is 57.8 Å². The number of rotatable bonds is 10. The number of amides is 1. The number of carbonyl (C=O) groups excluding carboxylic acids is 1. The number of methoxy groups -OCH3 is 1. The third kappa shape index (κ3) is 6.31. The van der Waals surface area contributed by atoms with Crippen LogP contribution in [0.5, 0.6) is 5.75 Å². The lowest BCUT2D eigenvalue weighted by atomic mass is 10.1. The van der Waals surface area contributed by atoms with Gasteiger partial charge < -0.3 is 23.9 Å². The maximum atomic E-state index is 14.2. The molecule has 1 aliphatic rings. The summed E-state index contributed by atoms with van der Waals surface area (Å²) in [5.74, 6) is 2.15. The first-order chi connectivity index (χ1) is 18.6. The van der Waals surface area contributed by atoms with Gasteiger partial charge in [-0.25, -0.2) is 9.37 Å². The van der Waals surface area contributed by atoms with E-state index >= 15 is 0 Å². The first-order valence-corrected chi connectivity index (χ1v) is 13.4. The molecule has 0 radical (unpaired) electrons. The van der Waals surface area contributed by atoms with Crippen LogP contribution in [0.15, 0.2) is 71.3 Å². The van der Waals surface area contributed by atoms with Crippen LogP contribution in [0.3, 0.4) is 0 Å². The summed E-state index contributed by atoms with van der Waals surface area (Å²) in [7, 11) is 1.65. The number of piperazine rings is 1. The molecule has 38 heavy (non-hydrogen) atoms. The Labute approximate surface area is 225 Å². The Hall–Kier alpha value is -3.92. The summed E-state index contributed by atoms with van der Waals surface area (Å²) in [6.07, 6.45) is 2.57. The van der Waals surface area contributed by atoms with Crippen molar-refractivity contribution in [2.75, 3.05) is 49.6 Å². The fourth-order valence-corrected chi connectivity index (χ4v) is 5.25. The number of ether oxygens (including phenoxy) is 1. The zero-order valence-corrected chi connectivity index (χ0v) is 22.1. The smallest absolute Gasteiger partial charge is 0.224 e. The largest absolute Gasteiger partial charge is 0.497 e. The molecule has 1 saturated heterocycles. The Balaban J connectivity index is 1.20. The van der Waals surface area contributed by atoms with Crippen LogP contribution >= 0.6 is 11.5 Å². The summed E-state index contributed by atoms with van der Waals surface area (Å²) in [5.41, 5.74) is 1.65. The van der Waals surface area contributed by atoms with Gasteiger partial charge >= 0.3 is 0 Å². The predicted molar refractivity (Wildman–Crippen MR) is 145 cm³/mol. The second-order valence-electron chi connectivity index (χ2n) is 9.09. The van der Waals surface area contributed by atoms with Gasteiger partial charge in [-0.1, -0.05) is 24.3 Å². The van der Waals surface area contributed by atoms with Gasteiger partial charge in [0, 0.05) is 57.1 Å². The van der Waals surface area contributed by atoms with Crippen molar-refractivity contribution >= 4 is 28.3 Å². The van der Waals surface area contributed by atoms with Gasteiger partial charge in [-0.15, -0.1) is 0 Å². The lowest BCUT2D eigenvalue weighted by Gasteiger charge is -2.36. The molecule has 10 heteroatoms. The molecular weight excluding hydrogens is 505 g/mol. The predicted octanol–water partition coefficient (Wildman–Crippen LogP) is 4.62. The third-order valence-electron chi connectivity index (χ3n) is 6.57. The molecule has 5 rings (SSSR count). The molecule has 2 aromatic heterocycles. The number of benzene rings is 2. The van der Waals surface area contributed by atoms with Crippen molar-refractivity contribution in [2.24, 2.45) is 0 Å². The van der Waals surface area contributed by atoms with Crippen molar-refractivity contribution in [2.45, 2.75) is 19.4 Å². The normalized spacial score (nSPS) is 13.5. The van der Waals surface area contributed by atoms with Gasteiger partial charge in [0.2, 0.25) is 11.0 Å². The summed E-state index contributed by atoms with van der Waals surface area (Å²) in [6.45, 7) is 3.32. The quantitative estimate of drug-likeness (QED) is 0.294. The average molecular weight is 536 g/mol. The van der Waals surface area contributed by atoms with Crippen LogP contribution in [0, 0.1) is 5.82 Å². The maximum absolute atomic E-state index is 14.2. The Kier molecular flexibility index (Phi) is 8.18. The minimum atomic E-state index is -0.233. The standard InChI is InChI=1S/C28H30FN5O3S/c1-36-22-7-4-6-21(18-22)19-26-30-28(38-31-26)34(20-23-8-5-17-37-23)12-11-27(35)33-15-13-32(14-16-33)25-10-3-2-9-24(25)29/h2-10,17-18H,11-16,19-20H2,1H3. The molecule has 0 spiro atoms. The fraction of sp³-hybridized carbons (Fsp3) is 0.321. The molecule has 0 bridgehead atoms. The number of para-hydroxylation sites is 1. The third-order valence-corrected chi connectivity index (χ3v) is 7.39. The summed E-state index contributed by atoms with van der Waals surface area (Å²) in [6, 6.07) is 18.4. The van der Waals surface area contributed by atoms with E-state index in [1.807, 2.05) is 57.2 Å². The molecule has 0 aliphatic carbocycles. The minimum Gasteiger partial charge on any atom is -0.497 e. The van der Waals surface area contributed by atoms with Gasteiger partial charge in [-0.05, 0) is 42.0 Å². The van der Waals surface area contributed by atoms with Crippen molar-refractivity contribution in [1.82, 2.24) is 14.3 Å². The number of hydrogen-bond donors (Lipinski definition) is 0. The highest BCUT2D eigenvalue weighted by Crippen LogP contribution is 2.24. The van der Waals surface area contributed by atoms with Gasteiger partial charge in [0.05, 0.1) is 25.6 Å². The number of hydrogen-bond acceptors (Lipinski definition) is 8. The summed E-state index contributed by atoms with van der Waals surface area (Å²) >= 11 is 1.32. The number of nitrogens with zero attached hydrogens (tertiary/aromatic N) is 5. The zero-order valence-electron chi connectivity index (χ0n) is 21.3. The zero-order chi connectivity index (χ0) is 26.3. The molecule has 2 aromatic carbocycles. The molecule has 1 aliphatic heterocycles. The van der Waals surface area contributed by atoms with Crippen LogP contribution in [0.1, 0.15) is 23.6 Å². The molecule has 8 nitrogen and oxygen atoms in total. The van der Waals surface area contributed by atoms with E-state index in [4.69, 9.17) is 14.1 Å². The number of halogens is 1. The van der Waals surface area contributed by atoms with Gasteiger partial charge in [0.25, 0.3) is 0 Å². The van der Waals surface area contributed by atoms with Crippen LogP contribution < -0.4 is 14.5 Å². The van der Waals surface area contributed by atoms with Gasteiger partial charge in [0.1, 0.15) is 23.2 Å². The van der Waals surface area contributed by atoms with Crippen molar-refractivity contribution in [3.8, 4) is 5.75 Å². The van der Waals surface area contributed by atoms with Crippen LogP contribution in [0.4, 0.5) is 15.2 Å². The van der Waals surface area contributed by atoms with E-state index in [-0.39, 0.29) is 11.7 Å². The van der Waals surface area contributed by atoms with Crippen molar-refractivity contribution < 1.29 is 18.3 Å². The molecule has 0 saturated carbocycles. The highest BCUT2D eigenvalue weighted by atomic mass is 32.1. The minimum absolute atomic E-state index is 0.0729. The van der Waals surface area contributed by atoms with E-state index in [9.17, 15) is 9.18 Å². The van der Waals surface area contributed by atoms with Crippen molar-refractivity contribution in [1.29, 1.82) is 0 Å². The Bertz CT molecular complexity index is 1340. The molecule has 198 valence electrons. The number of aromatic nitrogens is 2. The van der Waals surface area contributed by atoms with Gasteiger partial charge in [0.15, 0.2) is 0 Å². The molecular formula is C28H30FN5O3S. The number of furan rings is 1. The highest BCUT2D eigenvalue weighted by molar-refractivity contribution is 7.09. The maximum Gasteiger partial charge on any atom is 0.224 e. The van der Waals surface area contributed by atoms with Gasteiger partial charge in [-0.3, -0.25) is 4.79 Å². The van der Waals surface area contributed by atoms with E-state index in [1.54, 1.807) is 25.5 Å². The Morgan fingerprint density at radius 2 is 1.95 bits per heavy atom. The highest BCUT2D eigenvalue weighted by Gasteiger charge is 2.24. The fourth-order valence-electron chi connectivity index (χ4n) is 4.54. The monoisotopic (exact) mass is 535 g/mol. The molecule has 1 amide bonds. The first kappa shape index (κ1) is 25.7. The molecule has 0 atom stereocenters. The molecule has 1 fully saturated rings. The Morgan fingerprint density at radius 1 is 1.11 bits per heavy atom. The van der Waals surface area contributed by atoms with E-state index in [0.717, 1.165) is 28.0 Å². The average Bonchev–Trinajstić information content (AvgIpc) is 3.64. The summed E-state index contributed by atoms with van der Waals surface area (Å²) < 4.78 is 29.6. The first-order valence-electron chi connectivity index (χ1n) is 12.6. The lowest BCUT2D eigenvalue weighted by molar-refractivity contribution is -0.131. The van der Waals surface area contributed by atoms with Crippen LogP contribution in [0.25, 0.3) is 0 Å². The SMILES string of the molecule is COc1cccc(Cc2nsc(N(CCC(=O)N3CCN(c4ccccc4F)CC3)Cc3ccco3)n2)c1. The molecule has 4 aromatic rings. The second-order valence-corrected chi connectivity index (χ2v) is 9.82. The van der Waals surface area contributed by atoms with Crippen LogP contribution in [-0.2, 0) is 17.8 Å². The second kappa shape index (κ2) is 12.1. The van der Waals surface area contributed by atoms with Crippen molar-refractivity contribution in [3.63, 3.8) is 0 Å². The van der Waals surface area contributed by atoms with E-state index in [1.165, 1.54) is 17.6 Å². The molecule has 3 heterocycles. The number of carbonyl (C=O) groups is 1. The van der Waals surface area contributed by atoms with E-state index in [2.05, 4.69) is 4.37 Å². The van der Waals surface area contributed by atoms with Crippen molar-refractivity contribution in [3.05, 3.63) is 89.9 Å². The topological polar surface area (TPSA) is 74.9 Å². The van der Waals surface area contributed by atoms with Crippen LogP contribution in [0.2, 0.25) is 0 Å². The number of anilines is 2.